The number of halogens is 2. The van der Waals surface area contributed by atoms with Gasteiger partial charge in [-0.15, -0.1) is 10.2 Å². The Hall–Kier alpha value is -1.59. The van der Waals surface area contributed by atoms with E-state index in [0.717, 1.165) is 26.8 Å². The summed E-state index contributed by atoms with van der Waals surface area (Å²) in [4.78, 5) is 1.58. The highest BCUT2D eigenvalue weighted by Crippen LogP contribution is 2.29. The Balaban J connectivity index is 2.22. The fraction of sp³-hybridized carbons (Fsp3) is 0.0769. The van der Waals surface area contributed by atoms with Gasteiger partial charge >= 0.3 is 0 Å². The van der Waals surface area contributed by atoms with Gasteiger partial charge in [0.05, 0.1) is 11.4 Å². The maximum atomic E-state index is 5.97. The SMILES string of the molecule is Cc1c(N)c(Br)cc2nn(-c3ccc(Cl)cc3)nc12. The Bertz CT molecular complexity index is 764. The average molecular weight is 338 g/mol. The van der Waals surface area contributed by atoms with E-state index in [2.05, 4.69) is 26.1 Å². The van der Waals surface area contributed by atoms with Crippen molar-refractivity contribution in [1.29, 1.82) is 0 Å². The number of aromatic nitrogens is 3. The van der Waals surface area contributed by atoms with Crippen LogP contribution < -0.4 is 5.73 Å². The molecule has 0 fully saturated rings. The third-order valence-corrected chi connectivity index (χ3v) is 3.89. The summed E-state index contributed by atoms with van der Waals surface area (Å²) >= 11 is 9.29. The molecule has 96 valence electrons. The monoisotopic (exact) mass is 336 g/mol. The molecule has 6 heteroatoms. The molecule has 0 aliphatic heterocycles. The molecule has 0 aliphatic rings. The van der Waals surface area contributed by atoms with Crippen LogP contribution in [-0.2, 0) is 0 Å². The minimum atomic E-state index is 0.684. The molecule has 3 rings (SSSR count). The van der Waals surface area contributed by atoms with Gasteiger partial charge in [0.15, 0.2) is 0 Å². The van der Waals surface area contributed by atoms with Crippen molar-refractivity contribution in [1.82, 2.24) is 15.0 Å². The van der Waals surface area contributed by atoms with E-state index >= 15 is 0 Å². The van der Waals surface area contributed by atoms with Crippen LogP contribution in [0.1, 0.15) is 5.56 Å². The number of rotatable bonds is 1. The number of anilines is 1. The summed E-state index contributed by atoms with van der Waals surface area (Å²) in [5.74, 6) is 0. The first-order chi connectivity index (χ1) is 9.06. The summed E-state index contributed by atoms with van der Waals surface area (Å²) < 4.78 is 0.834. The van der Waals surface area contributed by atoms with Gasteiger partial charge in [-0.05, 0) is 53.2 Å². The van der Waals surface area contributed by atoms with Gasteiger partial charge in [0, 0.05) is 15.1 Å². The number of nitrogens with two attached hydrogens (primary N) is 1. The first-order valence-electron chi connectivity index (χ1n) is 5.64. The van der Waals surface area contributed by atoms with E-state index < -0.39 is 0 Å². The van der Waals surface area contributed by atoms with Crippen LogP contribution in [0.3, 0.4) is 0 Å². The van der Waals surface area contributed by atoms with Crippen LogP contribution in [-0.4, -0.2) is 15.0 Å². The van der Waals surface area contributed by atoms with Crippen molar-refractivity contribution in [3.05, 3.63) is 45.4 Å². The summed E-state index contributed by atoms with van der Waals surface area (Å²) in [5, 5.41) is 9.61. The Morgan fingerprint density at radius 3 is 2.58 bits per heavy atom. The van der Waals surface area contributed by atoms with Crippen LogP contribution >= 0.6 is 27.5 Å². The largest absolute Gasteiger partial charge is 0.398 e. The number of hydrogen-bond donors (Lipinski definition) is 1. The molecule has 0 unspecified atom stereocenters. The zero-order valence-electron chi connectivity index (χ0n) is 10.1. The first kappa shape index (κ1) is 12.4. The highest BCUT2D eigenvalue weighted by molar-refractivity contribution is 9.10. The highest BCUT2D eigenvalue weighted by Gasteiger charge is 2.11. The van der Waals surface area contributed by atoms with Crippen LogP contribution in [0.15, 0.2) is 34.8 Å². The van der Waals surface area contributed by atoms with Crippen molar-refractivity contribution in [2.24, 2.45) is 0 Å². The van der Waals surface area contributed by atoms with Crippen LogP contribution in [0.4, 0.5) is 5.69 Å². The smallest absolute Gasteiger partial charge is 0.118 e. The molecule has 0 amide bonds. The maximum Gasteiger partial charge on any atom is 0.118 e. The fourth-order valence-electron chi connectivity index (χ4n) is 1.88. The molecular formula is C13H10BrClN4. The lowest BCUT2D eigenvalue weighted by atomic mass is 10.2. The molecule has 0 aliphatic carbocycles. The molecule has 4 nitrogen and oxygen atoms in total. The Morgan fingerprint density at radius 1 is 1.21 bits per heavy atom. The minimum absolute atomic E-state index is 0.684. The van der Waals surface area contributed by atoms with Crippen LogP contribution in [0.25, 0.3) is 16.7 Å². The van der Waals surface area contributed by atoms with E-state index in [-0.39, 0.29) is 0 Å². The Kier molecular flexibility index (Phi) is 2.95. The van der Waals surface area contributed by atoms with Crippen LogP contribution in [0.5, 0.6) is 0 Å². The zero-order chi connectivity index (χ0) is 13.6. The number of nitrogens with zero attached hydrogens (tertiary/aromatic N) is 3. The van der Waals surface area contributed by atoms with E-state index in [1.165, 1.54) is 0 Å². The third kappa shape index (κ3) is 2.09. The number of aryl methyl sites for hydroxylation is 1. The van der Waals surface area contributed by atoms with E-state index in [0.29, 0.717) is 10.7 Å². The Morgan fingerprint density at radius 2 is 1.89 bits per heavy atom. The molecule has 0 bridgehead atoms. The van der Waals surface area contributed by atoms with Crippen molar-refractivity contribution in [2.75, 3.05) is 5.73 Å². The fourth-order valence-corrected chi connectivity index (χ4v) is 2.52. The van der Waals surface area contributed by atoms with E-state index in [1.54, 1.807) is 4.80 Å². The lowest BCUT2D eigenvalue weighted by Crippen LogP contribution is -1.97. The maximum absolute atomic E-state index is 5.97. The van der Waals surface area contributed by atoms with Crippen molar-refractivity contribution in [3.8, 4) is 5.69 Å². The normalized spacial score (nSPS) is 11.1. The molecular weight excluding hydrogens is 328 g/mol. The predicted molar refractivity (Wildman–Crippen MR) is 80.7 cm³/mol. The molecule has 2 N–H and O–H groups in total. The summed E-state index contributed by atoms with van der Waals surface area (Å²) in [6.07, 6.45) is 0. The lowest BCUT2D eigenvalue weighted by molar-refractivity contribution is 0.765. The molecule has 0 atom stereocenters. The van der Waals surface area contributed by atoms with Crippen LogP contribution in [0.2, 0.25) is 5.02 Å². The van der Waals surface area contributed by atoms with Crippen molar-refractivity contribution in [2.45, 2.75) is 6.92 Å². The van der Waals surface area contributed by atoms with Crippen molar-refractivity contribution in [3.63, 3.8) is 0 Å². The summed E-state index contributed by atoms with van der Waals surface area (Å²) in [6.45, 7) is 1.93. The quantitative estimate of drug-likeness (QED) is 0.688. The van der Waals surface area contributed by atoms with E-state index in [1.807, 2.05) is 37.3 Å². The molecule has 1 heterocycles. The lowest BCUT2D eigenvalue weighted by Gasteiger charge is -2.01. The minimum Gasteiger partial charge on any atom is -0.398 e. The van der Waals surface area contributed by atoms with E-state index in [4.69, 9.17) is 17.3 Å². The van der Waals surface area contributed by atoms with Gasteiger partial charge in [-0.1, -0.05) is 11.6 Å². The summed E-state index contributed by atoms with van der Waals surface area (Å²) in [6, 6.07) is 9.23. The molecule has 1 aromatic heterocycles. The second kappa shape index (κ2) is 4.51. The first-order valence-corrected chi connectivity index (χ1v) is 6.81. The average Bonchev–Trinajstić information content (AvgIpc) is 2.81. The second-order valence-corrected chi connectivity index (χ2v) is 5.52. The van der Waals surface area contributed by atoms with Crippen molar-refractivity contribution >= 4 is 44.3 Å². The molecule has 2 aromatic carbocycles. The third-order valence-electron chi connectivity index (χ3n) is 2.98. The van der Waals surface area contributed by atoms with Gasteiger partial charge < -0.3 is 5.73 Å². The Labute approximate surface area is 123 Å². The van der Waals surface area contributed by atoms with E-state index in [9.17, 15) is 0 Å². The molecule has 0 saturated heterocycles. The summed E-state index contributed by atoms with van der Waals surface area (Å²) in [5.41, 5.74) is 10.0. The predicted octanol–water partition coefficient (Wildman–Crippen LogP) is 3.73. The topological polar surface area (TPSA) is 56.7 Å². The van der Waals surface area contributed by atoms with Crippen LogP contribution in [0, 0.1) is 6.92 Å². The molecule has 0 spiro atoms. The number of benzene rings is 2. The summed E-state index contributed by atoms with van der Waals surface area (Å²) in [7, 11) is 0. The number of nitrogen functional groups attached to an aromatic ring is 1. The van der Waals surface area contributed by atoms with Gasteiger partial charge in [-0.3, -0.25) is 0 Å². The molecule has 19 heavy (non-hydrogen) atoms. The molecule has 3 aromatic rings. The highest BCUT2D eigenvalue weighted by atomic mass is 79.9. The van der Waals surface area contributed by atoms with Gasteiger partial charge in [0.25, 0.3) is 0 Å². The van der Waals surface area contributed by atoms with Gasteiger partial charge in [0.2, 0.25) is 0 Å². The van der Waals surface area contributed by atoms with Crippen molar-refractivity contribution < 1.29 is 0 Å². The zero-order valence-corrected chi connectivity index (χ0v) is 12.4. The van der Waals surface area contributed by atoms with Gasteiger partial charge in [-0.25, -0.2) is 0 Å². The second-order valence-electron chi connectivity index (χ2n) is 4.23. The van der Waals surface area contributed by atoms with Gasteiger partial charge in [0.1, 0.15) is 11.0 Å². The molecule has 0 saturated carbocycles. The number of hydrogen-bond acceptors (Lipinski definition) is 3. The number of fused-ring (bicyclic) bond motifs is 1. The standard InChI is InChI=1S/C13H10BrClN4/c1-7-12(16)10(14)6-11-13(7)18-19(17-11)9-4-2-8(15)3-5-9/h2-6H,16H2,1H3. The molecule has 0 radical (unpaired) electrons. The van der Waals surface area contributed by atoms with Gasteiger partial charge in [-0.2, -0.15) is 4.80 Å².